The molecule has 0 saturated carbocycles. The molecule has 0 radical (unpaired) electrons. The number of ether oxygens (including phenoxy) is 2. The molecule has 0 amide bonds. The van der Waals surface area contributed by atoms with E-state index in [1.54, 1.807) is 99.8 Å². The molecule has 0 spiro atoms. The summed E-state index contributed by atoms with van der Waals surface area (Å²) < 4.78 is 34.7. The average Bonchev–Trinajstić information content (AvgIpc) is 3.21. The minimum Gasteiger partial charge on any atom is -0.481 e. The first-order valence-corrected chi connectivity index (χ1v) is 17.5. The van der Waals surface area contributed by atoms with Crippen molar-refractivity contribution >= 4 is 25.8 Å². The quantitative estimate of drug-likeness (QED) is 0.182. The number of methoxy groups -OCH3 is 2. The largest absolute Gasteiger partial charge is 0.481 e. The summed E-state index contributed by atoms with van der Waals surface area (Å²) in [5.74, 6) is 1.25. The minimum absolute atomic E-state index is 0.0798. The lowest BCUT2D eigenvalue weighted by Gasteiger charge is -2.02. The van der Waals surface area contributed by atoms with E-state index in [0.29, 0.717) is 11.8 Å². The fraction of sp³-hybridized carbons (Fsp3) is 0.0526. The van der Waals surface area contributed by atoms with Crippen LogP contribution in [0.25, 0.3) is 22.5 Å². The molecule has 7 rings (SSSR count). The topological polar surface area (TPSA) is 150 Å². The van der Waals surface area contributed by atoms with Crippen LogP contribution < -0.4 is 15.0 Å². The zero-order valence-corrected chi connectivity index (χ0v) is 30.0. The van der Waals surface area contributed by atoms with Gasteiger partial charge in [0, 0.05) is 71.0 Å². The molecule has 6 aromatic heterocycles. The standard InChI is InChI=1S/C11H10N2O.C11H9NO2S.C10H8N2O.C6H6BrNO/c1-14-11-6-5-9(8-13-11)10-4-2-3-7-12-10;13-15(14,10-6-2-1-3-7-10)11-8-4-5-9-12-11;13-10-5-4-8(7-12-10)9-3-1-2-6-11-9;1-9-6-3-2-5(7)4-8-6/h2-8H,1H3;1-9H;1-7H,(H,12,13);2-4H,1H3. The van der Waals surface area contributed by atoms with E-state index in [1.807, 2.05) is 54.6 Å². The highest BCUT2D eigenvalue weighted by Gasteiger charge is 2.17. The molecule has 7 aromatic rings. The third-order valence-corrected chi connectivity index (χ3v) is 8.68. The van der Waals surface area contributed by atoms with Crippen molar-refractivity contribution < 1.29 is 17.9 Å². The van der Waals surface area contributed by atoms with Crippen molar-refractivity contribution in [3.8, 4) is 34.3 Å². The van der Waals surface area contributed by atoms with Crippen LogP contribution in [0.15, 0.2) is 178 Å². The molecule has 13 heteroatoms. The van der Waals surface area contributed by atoms with Crippen LogP contribution in [0.4, 0.5) is 0 Å². The molecule has 0 fully saturated rings. The molecule has 51 heavy (non-hydrogen) atoms. The second-order valence-electron chi connectivity index (χ2n) is 9.96. The molecule has 0 saturated heterocycles. The molecule has 1 aromatic carbocycles. The lowest BCUT2D eigenvalue weighted by molar-refractivity contribution is 0.397. The first kappa shape index (κ1) is 37.8. The van der Waals surface area contributed by atoms with Gasteiger partial charge in [0.1, 0.15) is 0 Å². The highest BCUT2D eigenvalue weighted by atomic mass is 79.9. The van der Waals surface area contributed by atoms with Crippen molar-refractivity contribution in [3.63, 3.8) is 0 Å². The second kappa shape index (κ2) is 19.8. The Morgan fingerprint density at radius 2 is 1.12 bits per heavy atom. The van der Waals surface area contributed by atoms with Crippen LogP contribution >= 0.6 is 15.9 Å². The zero-order valence-electron chi connectivity index (χ0n) is 27.6. The van der Waals surface area contributed by atoms with Crippen LogP contribution in [0.3, 0.4) is 0 Å². The first-order valence-electron chi connectivity index (χ1n) is 15.2. The van der Waals surface area contributed by atoms with Gasteiger partial charge in [0.15, 0.2) is 5.03 Å². The molecule has 1 N–H and O–H groups in total. The molecule has 0 bridgehead atoms. The number of nitrogens with zero attached hydrogens (tertiary/aromatic N) is 5. The number of halogens is 1. The van der Waals surface area contributed by atoms with Gasteiger partial charge in [-0.2, -0.15) is 0 Å². The molecular weight excluding hydrogens is 732 g/mol. The van der Waals surface area contributed by atoms with E-state index in [9.17, 15) is 13.2 Å². The number of benzene rings is 1. The summed E-state index contributed by atoms with van der Waals surface area (Å²) in [4.78, 5) is 33.9. The van der Waals surface area contributed by atoms with E-state index in [4.69, 9.17) is 9.47 Å². The van der Waals surface area contributed by atoms with Crippen molar-refractivity contribution in [3.05, 3.63) is 173 Å². The van der Waals surface area contributed by atoms with E-state index >= 15 is 0 Å². The van der Waals surface area contributed by atoms with Crippen LogP contribution in [0, 0.1) is 0 Å². The van der Waals surface area contributed by atoms with Crippen LogP contribution in [-0.2, 0) is 9.84 Å². The van der Waals surface area contributed by atoms with Gasteiger partial charge in [0.05, 0.1) is 30.5 Å². The monoisotopic (exact) mass is 764 g/mol. The molecule has 6 heterocycles. The van der Waals surface area contributed by atoms with Crippen LogP contribution in [0.5, 0.6) is 11.8 Å². The van der Waals surface area contributed by atoms with E-state index in [2.05, 4.69) is 45.8 Å². The summed E-state index contributed by atoms with van der Waals surface area (Å²) in [6.45, 7) is 0. The summed E-state index contributed by atoms with van der Waals surface area (Å²) >= 11 is 3.26. The maximum absolute atomic E-state index is 12.0. The zero-order chi connectivity index (χ0) is 36.3. The SMILES string of the molecule is COc1ccc(-c2ccccn2)cn1.COc1ccc(Br)cn1.O=S(=O)(c1ccccc1)c1ccccn1.O=c1ccc(-c2ccccn2)c[nH]1. The fourth-order valence-electron chi connectivity index (χ4n) is 4.00. The number of nitrogens with one attached hydrogen (secondary N) is 1. The third-order valence-electron chi connectivity index (χ3n) is 6.53. The predicted molar refractivity (Wildman–Crippen MR) is 199 cm³/mol. The van der Waals surface area contributed by atoms with Crippen molar-refractivity contribution in [2.24, 2.45) is 0 Å². The Morgan fingerprint density at radius 1 is 0.569 bits per heavy atom. The molecule has 0 aliphatic rings. The third kappa shape index (κ3) is 12.1. The summed E-state index contributed by atoms with van der Waals surface area (Å²) in [5, 5.41) is 0.0798. The van der Waals surface area contributed by atoms with Crippen molar-refractivity contribution in [2.75, 3.05) is 14.2 Å². The van der Waals surface area contributed by atoms with Gasteiger partial charge in [-0.05, 0) is 82.7 Å². The maximum atomic E-state index is 12.0. The molecule has 0 atom stereocenters. The van der Waals surface area contributed by atoms with Gasteiger partial charge in [0.2, 0.25) is 27.2 Å². The van der Waals surface area contributed by atoms with Crippen molar-refractivity contribution in [1.29, 1.82) is 0 Å². The number of H-pyrrole nitrogens is 1. The Kier molecular flexibility index (Phi) is 14.7. The van der Waals surface area contributed by atoms with E-state index in [1.165, 1.54) is 18.3 Å². The van der Waals surface area contributed by atoms with E-state index in [0.717, 1.165) is 27.0 Å². The normalized spacial score (nSPS) is 10.1. The summed E-state index contributed by atoms with van der Waals surface area (Å²) in [6, 6.07) is 35.2. The smallest absolute Gasteiger partial charge is 0.247 e. The maximum Gasteiger partial charge on any atom is 0.247 e. The Labute approximate surface area is 304 Å². The lowest BCUT2D eigenvalue weighted by atomic mass is 10.2. The molecule has 0 aliphatic carbocycles. The van der Waals surface area contributed by atoms with Gasteiger partial charge in [0.25, 0.3) is 0 Å². The Morgan fingerprint density at radius 3 is 1.59 bits per heavy atom. The lowest BCUT2D eigenvalue weighted by Crippen LogP contribution is -2.03. The minimum atomic E-state index is -3.45. The summed E-state index contributed by atoms with van der Waals surface area (Å²) in [5.41, 5.74) is 3.59. The number of pyridine rings is 6. The predicted octanol–water partition coefficient (Wildman–Crippen LogP) is 7.36. The molecule has 11 nitrogen and oxygen atoms in total. The number of hydrogen-bond donors (Lipinski definition) is 1. The number of hydrogen-bond acceptors (Lipinski definition) is 10. The molecule has 0 unspecified atom stereocenters. The number of aromatic amines is 1. The van der Waals surface area contributed by atoms with Gasteiger partial charge in [-0.25, -0.2) is 23.4 Å². The Hall–Kier alpha value is -6.05. The van der Waals surface area contributed by atoms with Gasteiger partial charge < -0.3 is 14.5 Å². The summed E-state index contributed by atoms with van der Waals surface area (Å²) in [6.07, 6.45) is 10.1. The van der Waals surface area contributed by atoms with Crippen molar-refractivity contribution in [2.45, 2.75) is 9.92 Å². The Balaban J connectivity index is 0.000000155. The van der Waals surface area contributed by atoms with Gasteiger partial charge in [-0.1, -0.05) is 36.4 Å². The Bertz CT molecular complexity index is 2130. The molecule has 258 valence electrons. The first-order chi connectivity index (χ1) is 24.8. The highest BCUT2D eigenvalue weighted by molar-refractivity contribution is 9.10. The highest BCUT2D eigenvalue weighted by Crippen LogP contribution is 2.18. The van der Waals surface area contributed by atoms with Gasteiger partial charge in [-0.3, -0.25) is 14.8 Å². The molecule has 0 aliphatic heterocycles. The van der Waals surface area contributed by atoms with Crippen LogP contribution in [0.2, 0.25) is 0 Å². The number of sulfone groups is 1. The van der Waals surface area contributed by atoms with Crippen LogP contribution in [0.1, 0.15) is 0 Å². The average molecular weight is 766 g/mol. The van der Waals surface area contributed by atoms with Crippen molar-refractivity contribution in [1.82, 2.24) is 29.9 Å². The van der Waals surface area contributed by atoms with E-state index < -0.39 is 9.84 Å². The number of rotatable bonds is 6. The van der Waals surface area contributed by atoms with Gasteiger partial charge in [-0.15, -0.1) is 0 Å². The summed E-state index contributed by atoms with van der Waals surface area (Å²) in [7, 11) is -0.257. The van der Waals surface area contributed by atoms with Crippen LogP contribution in [-0.4, -0.2) is 52.5 Å². The number of aromatic nitrogens is 6. The fourth-order valence-corrected chi connectivity index (χ4v) is 5.45. The van der Waals surface area contributed by atoms with E-state index in [-0.39, 0.29) is 15.5 Å². The molecular formula is C38H33BrN6O5S. The van der Waals surface area contributed by atoms with Gasteiger partial charge >= 0.3 is 0 Å². The second-order valence-corrected chi connectivity index (χ2v) is 12.8.